The molecule has 22 heavy (non-hydrogen) atoms. The molecule has 0 saturated carbocycles. The van der Waals surface area contributed by atoms with Gasteiger partial charge in [0.25, 0.3) is 0 Å². The summed E-state index contributed by atoms with van der Waals surface area (Å²) in [6.07, 6.45) is 0.878. The SMILES string of the molecule is CC1(C)C(=O)C(C)(C)c2cc(-c3ccccc3C=O)ccc21. The zero-order chi connectivity index (χ0) is 16.1. The average molecular weight is 292 g/mol. The molecule has 2 aromatic carbocycles. The predicted octanol–water partition coefficient (Wildman–Crippen LogP) is 4.30. The molecule has 0 spiro atoms. The number of hydrogen-bond donors (Lipinski definition) is 0. The second kappa shape index (κ2) is 4.64. The lowest BCUT2D eigenvalue weighted by atomic mass is 9.80. The lowest BCUT2D eigenvalue weighted by Gasteiger charge is -2.21. The quantitative estimate of drug-likeness (QED) is 0.773. The summed E-state index contributed by atoms with van der Waals surface area (Å²) in [6.45, 7) is 7.95. The van der Waals surface area contributed by atoms with Crippen LogP contribution >= 0.6 is 0 Å². The van der Waals surface area contributed by atoms with Crippen LogP contribution in [0.5, 0.6) is 0 Å². The molecular formula is C20H20O2. The second-order valence-corrected chi connectivity index (χ2v) is 7.04. The molecule has 0 fully saturated rings. The minimum absolute atomic E-state index is 0.246. The van der Waals surface area contributed by atoms with Crippen LogP contribution in [-0.2, 0) is 15.6 Å². The van der Waals surface area contributed by atoms with Crippen LogP contribution in [0.15, 0.2) is 42.5 Å². The summed E-state index contributed by atoms with van der Waals surface area (Å²) in [5.41, 5.74) is 3.78. The third kappa shape index (κ3) is 1.87. The van der Waals surface area contributed by atoms with Gasteiger partial charge in [0.2, 0.25) is 0 Å². The highest BCUT2D eigenvalue weighted by Crippen LogP contribution is 2.47. The van der Waals surface area contributed by atoms with Crippen molar-refractivity contribution >= 4 is 12.1 Å². The second-order valence-electron chi connectivity index (χ2n) is 7.04. The minimum atomic E-state index is -0.495. The summed E-state index contributed by atoms with van der Waals surface area (Å²) in [5, 5.41) is 0. The maximum atomic E-state index is 12.7. The van der Waals surface area contributed by atoms with E-state index in [0.29, 0.717) is 5.56 Å². The van der Waals surface area contributed by atoms with Crippen molar-refractivity contribution < 1.29 is 9.59 Å². The largest absolute Gasteiger partial charge is 0.298 e. The van der Waals surface area contributed by atoms with Crippen molar-refractivity contribution in [3.63, 3.8) is 0 Å². The summed E-state index contributed by atoms with van der Waals surface area (Å²) in [5.74, 6) is 0.246. The van der Waals surface area contributed by atoms with Crippen LogP contribution in [0, 0.1) is 0 Å². The highest BCUT2D eigenvalue weighted by atomic mass is 16.1. The van der Waals surface area contributed by atoms with Gasteiger partial charge in [-0.15, -0.1) is 0 Å². The standard InChI is InChI=1S/C20H20O2/c1-19(2)16-10-9-13(11-17(16)20(3,4)18(19)22)15-8-6-5-7-14(15)12-21/h5-12H,1-4H3. The van der Waals surface area contributed by atoms with Gasteiger partial charge in [-0.1, -0.05) is 36.4 Å². The summed E-state index contributed by atoms with van der Waals surface area (Å²) in [4.78, 5) is 24.0. The van der Waals surface area contributed by atoms with Crippen molar-refractivity contribution in [2.45, 2.75) is 38.5 Å². The third-order valence-corrected chi connectivity index (χ3v) is 4.90. The Balaban J connectivity index is 2.24. The van der Waals surface area contributed by atoms with Gasteiger partial charge in [0.1, 0.15) is 0 Å². The summed E-state index contributed by atoms with van der Waals surface area (Å²) in [6, 6.07) is 13.7. The number of fused-ring (bicyclic) bond motifs is 1. The van der Waals surface area contributed by atoms with E-state index in [0.717, 1.165) is 28.5 Å². The Morgan fingerprint density at radius 3 is 2.18 bits per heavy atom. The number of benzene rings is 2. The summed E-state index contributed by atoms with van der Waals surface area (Å²) < 4.78 is 0. The fourth-order valence-corrected chi connectivity index (χ4v) is 3.66. The Morgan fingerprint density at radius 1 is 0.864 bits per heavy atom. The zero-order valence-corrected chi connectivity index (χ0v) is 13.4. The predicted molar refractivity (Wildman–Crippen MR) is 88.3 cm³/mol. The van der Waals surface area contributed by atoms with Gasteiger partial charge >= 0.3 is 0 Å². The number of carbonyl (C=O) groups excluding carboxylic acids is 2. The molecule has 0 amide bonds. The van der Waals surface area contributed by atoms with Crippen LogP contribution in [0.2, 0.25) is 0 Å². The molecule has 0 heterocycles. The van der Waals surface area contributed by atoms with Gasteiger partial charge in [-0.3, -0.25) is 9.59 Å². The Kier molecular flexibility index (Phi) is 3.10. The number of ketones is 1. The number of rotatable bonds is 2. The molecule has 1 aliphatic carbocycles. The summed E-state index contributed by atoms with van der Waals surface area (Å²) >= 11 is 0. The molecule has 0 unspecified atom stereocenters. The number of Topliss-reactive ketones (excluding diaryl/α,β-unsaturated/α-hetero) is 1. The van der Waals surface area contributed by atoms with Crippen molar-refractivity contribution in [2.75, 3.05) is 0 Å². The highest BCUT2D eigenvalue weighted by molar-refractivity contribution is 6.03. The van der Waals surface area contributed by atoms with Crippen molar-refractivity contribution in [2.24, 2.45) is 0 Å². The molecule has 0 saturated heterocycles. The van der Waals surface area contributed by atoms with Gasteiger partial charge in [-0.2, -0.15) is 0 Å². The van der Waals surface area contributed by atoms with E-state index < -0.39 is 10.8 Å². The van der Waals surface area contributed by atoms with Gasteiger partial charge in [0.15, 0.2) is 12.1 Å². The van der Waals surface area contributed by atoms with Crippen LogP contribution < -0.4 is 0 Å². The van der Waals surface area contributed by atoms with E-state index in [9.17, 15) is 9.59 Å². The first-order valence-corrected chi connectivity index (χ1v) is 7.54. The maximum absolute atomic E-state index is 12.7. The van der Waals surface area contributed by atoms with Crippen LogP contribution in [0.1, 0.15) is 49.2 Å². The van der Waals surface area contributed by atoms with E-state index in [1.807, 2.05) is 64.1 Å². The molecule has 2 nitrogen and oxygen atoms in total. The molecule has 0 atom stereocenters. The number of hydrogen-bond acceptors (Lipinski definition) is 2. The van der Waals surface area contributed by atoms with Gasteiger partial charge < -0.3 is 0 Å². The van der Waals surface area contributed by atoms with E-state index in [1.54, 1.807) is 0 Å². The van der Waals surface area contributed by atoms with Gasteiger partial charge in [0, 0.05) is 16.4 Å². The zero-order valence-electron chi connectivity index (χ0n) is 13.4. The Hall–Kier alpha value is -2.22. The van der Waals surface area contributed by atoms with Crippen LogP contribution in [0.25, 0.3) is 11.1 Å². The van der Waals surface area contributed by atoms with Gasteiger partial charge in [-0.05, 0) is 56.0 Å². The number of carbonyl (C=O) groups is 2. The Labute approximate surface area is 131 Å². The molecule has 112 valence electrons. The van der Waals surface area contributed by atoms with E-state index in [2.05, 4.69) is 6.07 Å². The molecule has 0 bridgehead atoms. The van der Waals surface area contributed by atoms with Crippen LogP contribution in [0.4, 0.5) is 0 Å². The lowest BCUT2D eigenvalue weighted by molar-refractivity contribution is -0.126. The van der Waals surface area contributed by atoms with Crippen molar-refractivity contribution in [3.05, 3.63) is 59.2 Å². The van der Waals surface area contributed by atoms with Crippen LogP contribution in [-0.4, -0.2) is 12.1 Å². The normalized spacial score (nSPS) is 18.1. The molecule has 2 aromatic rings. The van der Waals surface area contributed by atoms with Crippen LogP contribution in [0.3, 0.4) is 0 Å². The Morgan fingerprint density at radius 2 is 1.50 bits per heavy atom. The first-order chi connectivity index (χ1) is 10.3. The molecule has 0 aromatic heterocycles. The molecule has 0 radical (unpaired) electrons. The average Bonchev–Trinajstić information content (AvgIpc) is 2.65. The summed E-state index contributed by atoms with van der Waals surface area (Å²) in [7, 11) is 0. The number of aldehydes is 1. The molecule has 0 aliphatic heterocycles. The van der Waals surface area contributed by atoms with E-state index in [4.69, 9.17) is 0 Å². The fraction of sp³-hybridized carbons (Fsp3) is 0.300. The molecule has 0 N–H and O–H groups in total. The molecular weight excluding hydrogens is 272 g/mol. The monoisotopic (exact) mass is 292 g/mol. The topological polar surface area (TPSA) is 34.1 Å². The first kappa shape index (κ1) is 14.7. The molecule has 3 rings (SSSR count). The molecule has 2 heteroatoms. The van der Waals surface area contributed by atoms with Crippen molar-refractivity contribution in [1.29, 1.82) is 0 Å². The van der Waals surface area contributed by atoms with Gasteiger partial charge in [0.05, 0.1) is 0 Å². The van der Waals surface area contributed by atoms with E-state index in [-0.39, 0.29) is 5.78 Å². The van der Waals surface area contributed by atoms with E-state index in [1.165, 1.54) is 0 Å². The fourth-order valence-electron chi connectivity index (χ4n) is 3.66. The van der Waals surface area contributed by atoms with Crippen molar-refractivity contribution in [3.8, 4) is 11.1 Å². The molecule has 1 aliphatic rings. The first-order valence-electron chi connectivity index (χ1n) is 7.54. The third-order valence-electron chi connectivity index (χ3n) is 4.90. The van der Waals surface area contributed by atoms with Gasteiger partial charge in [-0.25, -0.2) is 0 Å². The smallest absolute Gasteiger partial charge is 0.152 e. The Bertz CT molecular complexity index is 782. The van der Waals surface area contributed by atoms with Crippen molar-refractivity contribution in [1.82, 2.24) is 0 Å². The maximum Gasteiger partial charge on any atom is 0.152 e. The van der Waals surface area contributed by atoms with E-state index >= 15 is 0 Å². The minimum Gasteiger partial charge on any atom is -0.298 e. The lowest BCUT2D eigenvalue weighted by Crippen LogP contribution is -2.33. The highest BCUT2D eigenvalue weighted by Gasteiger charge is 2.50.